The van der Waals surface area contributed by atoms with Gasteiger partial charge in [-0.25, -0.2) is 0 Å². The van der Waals surface area contributed by atoms with E-state index in [-0.39, 0.29) is 5.91 Å². The molecule has 0 bridgehead atoms. The van der Waals surface area contributed by atoms with Gasteiger partial charge < -0.3 is 16.0 Å². The lowest BCUT2D eigenvalue weighted by Gasteiger charge is -2.08. The van der Waals surface area contributed by atoms with Crippen LogP contribution in [0.4, 0.5) is 0 Å². The zero-order valence-electron chi connectivity index (χ0n) is 17.3. The maximum absolute atomic E-state index is 12.7. The van der Waals surface area contributed by atoms with Crippen LogP contribution in [0.1, 0.15) is 12.0 Å². The Kier molecular flexibility index (Phi) is 5.14. The molecular formula is C27H25N3O. The van der Waals surface area contributed by atoms with Crippen LogP contribution in [-0.2, 0) is 11.2 Å². The largest absolute Gasteiger partial charge is 0.356 e. The lowest BCUT2D eigenvalue weighted by atomic mass is 9.98. The second kappa shape index (κ2) is 8.25. The summed E-state index contributed by atoms with van der Waals surface area (Å²) < 4.78 is 0. The Bertz CT molecular complexity index is 1400. The molecule has 154 valence electrons. The van der Waals surface area contributed by atoms with Crippen molar-refractivity contribution in [3.05, 3.63) is 84.4 Å². The van der Waals surface area contributed by atoms with Crippen molar-refractivity contribution in [1.29, 1.82) is 0 Å². The van der Waals surface area contributed by atoms with E-state index in [9.17, 15) is 4.79 Å². The summed E-state index contributed by atoms with van der Waals surface area (Å²) >= 11 is 0. The van der Waals surface area contributed by atoms with Gasteiger partial charge in [0.15, 0.2) is 0 Å². The van der Waals surface area contributed by atoms with E-state index < -0.39 is 0 Å². The van der Waals surface area contributed by atoms with Crippen molar-refractivity contribution in [2.24, 2.45) is 5.73 Å². The average molecular weight is 408 g/mol. The number of rotatable bonds is 6. The second-order valence-corrected chi connectivity index (χ2v) is 7.92. The number of nitrogens with two attached hydrogens (primary N) is 1. The van der Waals surface area contributed by atoms with Crippen LogP contribution in [0.15, 0.2) is 78.9 Å². The van der Waals surface area contributed by atoms with Gasteiger partial charge in [-0.1, -0.05) is 72.8 Å². The van der Waals surface area contributed by atoms with Gasteiger partial charge in [-0.2, -0.15) is 0 Å². The highest BCUT2D eigenvalue weighted by Gasteiger charge is 2.18. The van der Waals surface area contributed by atoms with E-state index in [4.69, 9.17) is 5.73 Å². The van der Waals surface area contributed by atoms with Gasteiger partial charge in [0.25, 0.3) is 0 Å². The molecule has 1 aromatic heterocycles. The minimum Gasteiger partial charge on any atom is -0.356 e. The smallest absolute Gasteiger partial charge is 0.224 e. The number of hydrogen-bond donors (Lipinski definition) is 3. The minimum absolute atomic E-state index is 0.0181. The SMILES string of the molecule is NCCCNC(=O)Cc1c(-c2ccc3ccccc3c2)[nH]c2c1ccc1ccccc12. The fourth-order valence-electron chi connectivity index (χ4n) is 4.32. The first-order valence-corrected chi connectivity index (χ1v) is 10.7. The van der Waals surface area contributed by atoms with Crippen molar-refractivity contribution in [2.45, 2.75) is 12.8 Å². The quantitative estimate of drug-likeness (QED) is 0.341. The molecule has 1 amide bonds. The molecule has 0 radical (unpaired) electrons. The first kappa shape index (κ1) is 19.3. The third-order valence-electron chi connectivity index (χ3n) is 5.88. The summed E-state index contributed by atoms with van der Waals surface area (Å²) in [6.45, 7) is 1.17. The Morgan fingerprint density at radius 3 is 2.42 bits per heavy atom. The molecule has 0 unspecified atom stereocenters. The number of aromatic amines is 1. The Morgan fingerprint density at radius 1 is 0.839 bits per heavy atom. The zero-order valence-corrected chi connectivity index (χ0v) is 17.3. The molecule has 4 N–H and O–H groups in total. The molecule has 0 aliphatic heterocycles. The summed E-state index contributed by atoms with van der Waals surface area (Å²) in [6, 6.07) is 27.4. The highest BCUT2D eigenvalue weighted by molar-refractivity contribution is 6.10. The van der Waals surface area contributed by atoms with E-state index in [1.54, 1.807) is 0 Å². The van der Waals surface area contributed by atoms with Crippen molar-refractivity contribution >= 4 is 38.4 Å². The summed E-state index contributed by atoms with van der Waals surface area (Å²) in [5, 5.41) is 8.82. The zero-order chi connectivity index (χ0) is 21.2. The van der Waals surface area contributed by atoms with E-state index in [1.165, 1.54) is 16.2 Å². The molecule has 5 rings (SSSR count). The molecule has 0 atom stereocenters. The highest BCUT2D eigenvalue weighted by Crippen LogP contribution is 2.35. The Balaban J connectivity index is 1.67. The van der Waals surface area contributed by atoms with E-state index in [0.717, 1.165) is 39.5 Å². The molecule has 4 aromatic carbocycles. The molecule has 1 heterocycles. The highest BCUT2D eigenvalue weighted by atomic mass is 16.1. The molecule has 0 spiro atoms. The van der Waals surface area contributed by atoms with Gasteiger partial charge in [-0.05, 0) is 46.3 Å². The van der Waals surface area contributed by atoms with Crippen LogP contribution >= 0.6 is 0 Å². The van der Waals surface area contributed by atoms with Crippen molar-refractivity contribution < 1.29 is 4.79 Å². The number of carbonyl (C=O) groups is 1. The predicted octanol–water partition coefficient (Wildman–Crippen LogP) is 5.15. The summed E-state index contributed by atoms with van der Waals surface area (Å²) in [5.41, 5.74) is 9.76. The molecule has 31 heavy (non-hydrogen) atoms. The van der Waals surface area contributed by atoms with Crippen LogP contribution in [0.2, 0.25) is 0 Å². The number of amides is 1. The van der Waals surface area contributed by atoms with Crippen molar-refractivity contribution in [2.75, 3.05) is 13.1 Å². The van der Waals surface area contributed by atoms with Gasteiger partial charge in [0.05, 0.1) is 17.6 Å². The maximum atomic E-state index is 12.7. The Hall–Kier alpha value is -3.63. The van der Waals surface area contributed by atoms with Gasteiger partial charge in [0.2, 0.25) is 5.91 Å². The number of carbonyl (C=O) groups excluding carboxylic acids is 1. The predicted molar refractivity (Wildman–Crippen MR) is 129 cm³/mol. The second-order valence-electron chi connectivity index (χ2n) is 7.92. The third-order valence-corrected chi connectivity index (χ3v) is 5.88. The molecular weight excluding hydrogens is 382 g/mol. The van der Waals surface area contributed by atoms with Crippen LogP contribution in [0.25, 0.3) is 43.7 Å². The summed E-state index contributed by atoms with van der Waals surface area (Å²) in [7, 11) is 0. The molecule has 5 aromatic rings. The van der Waals surface area contributed by atoms with Crippen molar-refractivity contribution in [3.63, 3.8) is 0 Å². The first-order chi connectivity index (χ1) is 15.2. The molecule has 0 aliphatic carbocycles. The number of aromatic nitrogens is 1. The number of hydrogen-bond acceptors (Lipinski definition) is 2. The molecule has 0 fully saturated rings. The average Bonchev–Trinajstić information content (AvgIpc) is 3.17. The lowest BCUT2D eigenvalue weighted by molar-refractivity contribution is -0.120. The molecule has 4 nitrogen and oxygen atoms in total. The molecule has 4 heteroatoms. The first-order valence-electron chi connectivity index (χ1n) is 10.7. The summed E-state index contributed by atoms with van der Waals surface area (Å²) in [5.74, 6) is 0.0181. The Morgan fingerprint density at radius 2 is 1.58 bits per heavy atom. The maximum Gasteiger partial charge on any atom is 0.224 e. The molecule has 0 saturated heterocycles. The van der Waals surface area contributed by atoms with E-state index in [0.29, 0.717) is 19.5 Å². The normalized spacial score (nSPS) is 11.4. The topological polar surface area (TPSA) is 70.9 Å². The van der Waals surface area contributed by atoms with Crippen LogP contribution in [0, 0.1) is 0 Å². The van der Waals surface area contributed by atoms with Gasteiger partial charge in [-0.15, -0.1) is 0 Å². The minimum atomic E-state index is 0.0181. The molecule has 0 saturated carbocycles. The van der Waals surface area contributed by atoms with Gasteiger partial charge in [0, 0.05) is 17.3 Å². The van der Waals surface area contributed by atoms with Crippen LogP contribution in [0.3, 0.4) is 0 Å². The lowest BCUT2D eigenvalue weighted by Crippen LogP contribution is -2.27. The number of nitrogens with one attached hydrogen (secondary N) is 2. The van der Waals surface area contributed by atoms with Gasteiger partial charge in [0.1, 0.15) is 0 Å². The van der Waals surface area contributed by atoms with Crippen LogP contribution in [0.5, 0.6) is 0 Å². The van der Waals surface area contributed by atoms with Crippen LogP contribution < -0.4 is 11.1 Å². The summed E-state index contributed by atoms with van der Waals surface area (Å²) in [6.07, 6.45) is 1.10. The van der Waals surface area contributed by atoms with E-state index >= 15 is 0 Å². The monoisotopic (exact) mass is 407 g/mol. The van der Waals surface area contributed by atoms with Crippen molar-refractivity contribution in [1.82, 2.24) is 10.3 Å². The fraction of sp³-hybridized carbons (Fsp3) is 0.148. The van der Waals surface area contributed by atoms with E-state index in [1.807, 2.05) is 12.1 Å². The van der Waals surface area contributed by atoms with Crippen LogP contribution in [-0.4, -0.2) is 24.0 Å². The van der Waals surface area contributed by atoms with Gasteiger partial charge >= 0.3 is 0 Å². The number of benzene rings is 4. The number of fused-ring (bicyclic) bond motifs is 4. The van der Waals surface area contributed by atoms with Crippen molar-refractivity contribution in [3.8, 4) is 11.3 Å². The standard InChI is InChI=1S/C27H25N3O/c28-14-5-15-29-25(31)17-24-23-13-12-19-7-3-4-9-22(19)27(23)30-26(24)21-11-10-18-6-1-2-8-20(18)16-21/h1-4,6-13,16,30H,5,14-15,17,28H2,(H,29,31). The summed E-state index contributed by atoms with van der Waals surface area (Å²) in [4.78, 5) is 16.4. The van der Waals surface area contributed by atoms with Gasteiger partial charge in [-0.3, -0.25) is 4.79 Å². The third kappa shape index (κ3) is 3.66. The number of H-pyrrole nitrogens is 1. The molecule has 0 aliphatic rings. The Labute approximate surface area is 181 Å². The van der Waals surface area contributed by atoms with E-state index in [2.05, 4.69) is 77.0 Å². The fourth-order valence-corrected chi connectivity index (χ4v) is 4.32.